The molecule has 38 heavy (non-hydrogen) atoms. The second-order valence-electron chi connectivity index (χ2n) is 8.86. The van der Waals surface area contributed by atoms with E-state index in [0.717, 1.165) is 18.6 Å². The Morgan fingerprint density at radius 2 is 1.66 bits per heavy atom. The molecule has 0 aliphatic carbocycles. The van der Waals surface area contributed by atoms with Gasteiger partial charge >= 0.3 is 0 Å². The van der Waals surface area contributed by atoms with Crippen LogP contribution in [0.25, 0.3) is 0 Å². The molecule has 3 heterocycles. The molecule has 1 unspecified atom stereocenters. The van der Waals surface area contributed by atoms with E-state index in [9.17, 15) is 4.79 Å². The van der Waals surface area contributed by atoms with Crippen LogP contribution in [0.3, 0.4) is 0 Å². The van der Waals surface area contributed by atoms with Crippen LogP contribution in [0.15, 0.2) is 73.3 Å². The van der Waals surface area contributed by atoms with E-state index in [1.54, 1.807) is 29.2 Å². The summed E-state index contributed by atoms with van der Waals surface area (Å²) in [6.07, 6.45) is 5.85. The minimum absolute atomic E-state index is 0.0927. The zero-order chi connectivity index (χ0) is 26.5. The van der Waals surface area contributed by atoms with Crippen LogP contribution in [0.1, 0.15) is 34.3 Å². The Kier molecular flexibility index (Phi) is 7.07. The maximum absolute atomic E-state index is 13.0. The van der Waals surface area contributed by atoms with E-state index in [4.69, 9.17) is 21.6 Å². The van der Waals surface area contributed by atoms with Crippen LogP contribution in [-0.4, -0.2) is 55.6 Å². The number of carbonyl (C=O) groups excluding carboxylic acids is 1. The van der Waals surface area contributed by atoms with Gasteiger partial charge in [-0.25, -0.2) is 19.9 Å². The number of nitrogens with zero attached hydrogens (tertiary/aromatic N) is 5. The number of aromatic nitrogens is 4. The number of ether oxygens (including phenoxy) is 1. The number of likely N-dealkylation sites (tertiary alicyclic amines) is 1. The van der Waals surface area contributed by atoms with Crippen LogP contribution in [-0.2, 0) is 0 Å². The molecule has 5 rings (SSSR count). The van der Waals surface area contributed by atoms with Gasteiger partial charge < -0.3 is 26.4 Å². The fourth-order valence-corrected chi connectivity index (χ4v) is 4.32. The van der Waals surface area contributed by atoms with Crippen LogP contribution >= 0.6 is 0 Å². The molecule has 6 N–H and O–H groups in total. The molecule has 2 aromatic carbocycles. The molecule has 0 bridgehead atoms. The molecule has 1 amide bonds. The van der Waals surface area contributed by atoms with E-state index in [-0.39, 0.29) is 29.4 Å². The summed E-state index contributed by atoms with van der Waals surface area (Å²) in [5, 5.41) is 12.3. The summed E-state index contributed by atoms with van der Waals surface area (Å²) in [4.78, 5) is 31.0. The average molecular weight is 510 g/mol. The number of piperidine rings is 1. The summed E-state index contributed by atoms with van der Waals surface area (Å²) in [7, 11) is 0. The van der Waals surface area contributed by atoms with Gasteiger partial charge in [-0.15, -0.1) is 0 Å². The van der Waals surface area contributed by atoms with E-state index in [0.29, 0.717) is 41.3 Å². The lowest BCUT2D eigenvalue weighted by Gasteiger charge is -2.33. The quantitative estimate of drug-likeness (QED) is 0.273. The van der Waals surface area contributed by atoms with Crippen molar-refractivity contribution in [1.29, 1.82) is 5.41 Å². The minimum atomic E-state index is -0.163. The molecule has 11 nitrogen and oxygen atoms in total. The lowest BCUT2D eigenvalue weighted by Crippen LogP contribution is -2.45. The summed E-state index contributed by atoms with van der Waals surface area (Å²) < 4.78 is 5.86. The number of anilines is 3. The third-order valence-electron chi connectivity index (χ3n) is 6.22. The Morgan fingerprint density at radius 3 is 2.39 bits per heavy atom. The van der Waals surface area contributed by atoms with Crippen LogP contribution in [0, 0.1) is 5.41 Å². The maximum Gasteiger partial charge on any atom is 0.257 e. The van der Waals surface area contributed by atoms with Gasteiger partial charge in [-0.1, -0.05) is 18.2 Å². The molecule has 1 saturated heterocycles. The first-order valence-corrected chi connectivity index (χ1v) is 12.1. The van der Waals surface area contributed by atoms with Crippen LogP contribution in [0.2, 0.25) is 0 Å². The number of hydrogen-bond donors (Lipinski definition) is 4. The second kappa shape index (κ2) is 10.9. The molecule has 192 valence electrons. The smallest absolute Gasteiger partial charge is 0.257 e. The summed E-state index contributed by atoms with van der Waals surface area (Å²) >= 11 is 0. The van der Waals surface area contributed by atoms with Gasteiger partial charge in [0.25, 0.3) is 5.91 Å². The summed E-state index contributed by atoms with van der Waals surface area (Å²) in [6.45, 7) is 1.07. The SMILES string of the molecule is N=C(c1ccc(Oc2ccccc2)cc1)c1c(N)ncnc1NC1CCCN(C(=O)c2cnc(N)nc2)C1. The van der Waals surface area contributed by atoms with Gasteiger partial charge in [0.15, 0.2) is 0 Å². The Bertz CT molecular complexity index is 1430. The topological polar surface area (TPSA) is 169 Å². The summed E-state index contributed by atoms with van der Waals surface area (Å²) in [5.41, 5.74) is 13.4. The number of para-hydroxylation sites is 1. The van der Waals surface area contributed by atoms with Crippen LogP contribution < -0.4 is 21.5 Å². The van der Waals surface area contributed by atoms with Crippen molar-refractivity contribution in [1.82, 2.24) is 24.8 Å². The number of carbonyl (C=O) groups is 1. The molecule has 2 aromatic heterocycles. The highest BCUT2D eigenvalue weighted by atomic mass is 16.5. The predicted octanol–water partition coefficient (Wildman–Crippen LogP) is 3.36. The van der Waals surface area contributed by atoms with Gasteiger partial charge in [-0.2, -0.15) is 0 Å². The van der Waals surface area contributed by atoms with E-state index in [1.165, 1.54) is 18.7 Å². The first-order valence-electron chi connectivity index (χ1n) is 12.1. The van der Waals surface area contributed by atoms with Gasteiger partial charge in [0, 0.05) is 37.1 Å². The van der Waals surface area contributed by atoms with Crippen molar-refractivity contribution in [2.75, 3.05) is 29.9 Å². The zero-order valence-corrected chi connectivity index (χ0v) is 20.5. The Morgan fingerprint density at radius 1 is 0.947 bits per heavy atom. The molecule has 1 aliphatic rings. The highest BCUT2D eigenvalue weighted by molar-refractivity contribution is 6.16. The molecule has 1 aliphatic heterocycles. The fourth-order valence-electron chi connectivity index (χ4n) is 4.32. The molecule has 0 saturated carbocycles. The minimum Gasteiger partial charge on any atom is -0.457 e. The van der Waals surface area contributed by atoms with E-state index in [2.05, 4.69) is 25.3 Å². The van der Waals surface area contributed by atoms with E-state index >= 15 is 0 Å². The number of nitrogens with one attached hydrogen (secondary N) is 2. The number of benzene rings is 2. The zero-order valence-electron chi connectivity index (χ0n) is 20.5. The van der Waals surface area contributed by atoms with E-state index < -0.39 is 0 Å². The number of nitrogens with two attached hydrogens (primary N) is 2. The normalized spacial score (nSPS) is 15.1. The maximum atomic E-state index is 13.0. The van der Waals surface area contributed by atoms with Gasteiger partial charge in [0.05, 0.1) is 16.8 Å². The molecule has 0 spiro atoms. The second-order valence-corrected chi connectivity index (χ2v) is 8.86. The Hall–Kier alpha value is -5.06. The fraction of sp³-hybridized carbons (Fsp3) is 0.185. The third kappa shape index (κ3) is 5.51. The van der Waals surface area contributed by atoms with Gasteiger partial charge in [-0.3, -0.25) is 10.2 Å². The van der Waals surface area contributed by atoms with Crippen molar-refractivity contribution in [2.45, 2.75) is 18.9 Å². The molecular weight excluding hydrogens is 482 g/mol. The van der Waals surface area contributed by atoms with Crippen LogP contribution in [0.5, 0.6) is 11.5 Å². The first kappa shape index (κ1) is 24.6. The molecular formula is C27H27N9O2. The van der Waals surface area contributed by atoms with Crippen molar-refractivity contribution in [3.8, 4) is 11.5 Å². The Balaban J connectivity index is 1.31. The largest absolute Gasteiger partial charge is 0.457 e. The van der Waals surface area contributed by atoms with Crippen molar-refractivity contribution in [2.24, 2.45) is 0 Å². The number of hydrogen-bond acceptors (Lipinski definition) is 10. The van der Waals surface area contributed by atoms with Crippen molar-refractivity contribution >= 4 is 29.2 Å². The van der Waals surface area contributed by atoms with Crippen molar-refractivity contribution < 1.29 is 9.53 Å². The average Bonchev–Trinajstić information content (AvgIpc) is 2.94. The molecule has 4 aromatic rings. The van der Waals surface area contributed by atoms with Crippen LogP contribution in [0.4, 0.5) is 17.6 Å². The number of amides is 1. The highest BCUT2D eigenvalue weighted by Crippen LogP contribution is 2.26. The van der Waals surface area contributed by atoms with Gasteiger partial charge in [-0.05, 0) is 49.2 Å². The molecule has 1 fully saturated rings. The lowest BCUT2D eigenvalue weighted by molar-refractivity contribution is 0.0714. The number of rotatable bonds is 7. The third-order valence-corrected chi connectivity index (χ3v) is 6.22. The standard InChI is InChI=1S/C27H27N9O2/c28-23(17-8-10-21(11-9-17)38-20-6-2-1-3-7-20)22-24(29)33-16-34-25(22)35-19-5-4-12-36(15-19)26(37)18-13-31-27(30)32-14-18/h1-3,6-11,13-14,16,19,28H,4-5,12,15H2,(H2,30,31,32)(H3,29,33,34,35). The molecule has 0 radical (unpaired) electrons. The van der Waals surface area contributed by atoms with Crippen molar-refractivity contribution in [3.05, 3.63) is 90.0 Å². The van der Waals surface area contributed by atoms with E-state index in [1.807, 2.05) is 30.3 Å². The Labute approximate surface area is 219 Å². The molecule has 11 heteroatoms. The van der Waals surface area contributed by atoms with Gasteiger partial charge in [0.2, 0.25) is 5.95 Å². The summed E-state index contributed by atoms with van der Waals surface area (Å²) in [5.74, 6) is 1.98. The highest BCUT2D eigenvalue weighted by Gasteiger charge is 2.27. The van der Waals surface area contributed by atoms with Crippen molar-refractivity contribution in [3.63, 3.8) is 0 Å². The first-order chi connectivity index (χ1) is 18.5. The van der Waals surface area contributed by atoms with Gasteiger partial charge in [0.1, 0.15) is 29.5 Å². The molecule has 1 atom stereocenters. The number of nitrogen functional groups attached to an aromatic ring is 2. The monoisotopic (exact) mass is 509 g/mol. The summed E-state index contributed by atoms with van der Waals surface area (Å²) in [6, 6.07) is 16.6. The lowest BCUT2D eigenvalue weighted by atomic mass is 10.0. The predicted molar refractivity (Wildman–Crippen MR) is 144 cm³/mol.